The Morgan fingerprint density at radius 3 is 2.64 bits per heavy atom. The van der Waals surface area contributed by atoms with Crippen LogP contribution in [0.25, 0.3) is 0 Å². The first-order valence-electron chi connectivity index (χ1n) is 9.37. The molecule has 0 bridgehead atoms. The minimum absolute atomic E-state index is 0.0936. The Morgan fingerprint density at radius 2 is 1.89 bits per heavy atom. The number of aryl methyl sites for hydroxylation is 1. The zero-order valence-corrected chi connectivity index (χ0v) is 16.8. The summed E-state index contributed by atoms with van der Waals surface area (Å²) in [6.07, 6.45) is 3.08. The maximum absolute atomic E-state index is 12.6. The number of carbonyl (C=O) groups excluding carboxylic acids is 2. The van der Waals surface area contributed by atoms with Crippen LogP contribution in [0.5, 0.6) is 0 Å². The largest absolute Gasteiger partial charge is 0.348 e. The van der Waals surface area contributed by atoms with Gasteiger partial charge < -0.3 is 16.0 Å². The molecule has 2 aromatic carbocycles. The maximum atomic E-state index is 12.6. The molecule has 0 atom stereocenters. The molecule has 146 valence electrons. The van der Waals surface area contributed by atoms with Crippen molar-refractivity contribution in [2.75, 3.05) is 30.7 Å². The highest BCUT2D eigenvalue weighted by atomic mass is 32.2. The van der Waals surface area contributed by atoms with E-state index in [1.54, 1.807) is 6.07 Å². The van der Waals surface area contributed by atoms with Gasteiger partial charge in [0.2, 0.25) is 5.91 Å². The summed E-state index contributed by atoms with van der Waals surface area (Å²) in [6, 6.07) is 15.1. The third kappa shape index (κ3) is 5.97. The van der Waals surface area contributed by atoms with Crippen molar-refractivity contribution in [1.82, 2.24) is 10.6 Å². The third-order valence-corrected chi connectivity index (χ3v) is 5.53. The number of thioether (sulfide) groups is 1. The molecule has 28 heavy (non-hydrogen) atoms. The second-order valence-corrected chi connectivity index (χ2v) is 7.72. The average Bonchev–Trinajstić information content (AvgIpc) is 2.73. The van der Waals surface area contributed by atoms with Gasteiger partial charge in [-0.25, -0.2) is 0 Å². The molecule has 1 aliphatic rings. The highest BCUT2D eigenvalue weighted by Crippen LogP contribution is 2.23. The monoisotopic (exact) mass is 395 g/mol. The third-order valence-electron chi connectivity index (χ3n) is 4.46. The summed E-state index contributed by atoms with van der Waals surface area (Å²) in [6.45, 7) is 4.37. The predicted octanol–water partition coefficient (Wildman–Crippen LogP) is 3.38. The summed E-state index contributed by atoms with van der Waals surface area (Å²) < 4.78 is 0. The molecule has 6 heteroatoms. The first kappa shape index (κ1) is 20.2. The Morgan fingerprint density at radius 1 is 1.11 bits per heavy atom. The molecule has 5 nitrogen and oxygen atoms in total. The quantitative estimate of drug-likeness (QED) is 0.497. The van der Waals surface area contributed by atoms with Crippen LogP contribution in [0.1, 0.15) is 22.3 Å². The van der Waals surface area contributed by atoms with Gasteiger partial charge in [-0.05, 0) is 44.2 Å². The predicted molar refractivity (Wildman–Crippen MR) is 115 cm³/mol. The first-order chi connectivity index (χ1) is 13.6. The molecule has 0 saturated carbocycles. The standard InChI is InChI=1S/C22H25N3O2S/c1-16-6-8-18(9-7-16)25-21(26)15-28-20-5-3-2-4-19(20)22(27)24-14-17-10-12-23-13-11-17/h2-10,23H,11-15H2,1H3,(H,24,27)(H,25,26). The molecule has 0 unspecified atom stereocenters. The topological polar surface area (TPSA) is 70.2 Å². The molecule has 2 aromatic rings. The highest BCUT2D eigenvalue weighted by molar-refractivity contribution is 8.00. The second-order valence-electron chi connectivity index (χ2n) is 6.70. The van der Waals surface area contributed by atoms with Crippen molar-refractivity contribution in [3.8, 4) is 0 Å². The lowest BCUT2D eigenvalue weighted by atomic mass is 10.1. The Labute approximate surface area is 170 Å². The molecule has 0 spiro atoms. The van der Waals surface area contributed by atoms with Gasteiger partial charge in [0, 0.05) is 23.7 Å². The number of nitrogens with one attached hydrogen (secondary N) is 3. The van der Waals surface area contributed by atoms with Gasteiger partial charge in [0.15, 0.2) is 0 Å². The molecule has 1 heterocycles. The number of benzene rings is 2. The lowest BCUT2D eigenvalue weighted by molar-refractivity contribution is -0.113. The maximum Gasteiger partial charge on any atom is 0.252 e. The van der Waals surface area contributed by atoms with Crippen LogP contribution in [0.15, 0.2) is 65.1 Å². The number of amides is 2. The molecule has 0 aromatic heterocycles. The van der Waals surface area contributed by atoms with Crippen molar-refractivity contribution in [2.45, 2.75) is 18.2 Å². The van der Waals surface area contributed by atoms with Crippen molar-refractivity contribution in [3.63, 3.8) is 0 Å². The van der Waals surface area contributed by atoms with E-state index in [-0.39, 0.29) is 17.6 Å². The van der Waals surface area contributed by atoms with E-state index in [0.717, 1.165) is 35.7 Å². The minimum atomic E-state index is -0.110. The van der Waals surface area contributed by atoms with E-state index in [2.05, 4.69) is 22.0 Å². The first-order valence-corrected chi connectivity index (χ1v) is 10.4. The zero-order chi connectivity index (χ0) is 19.8. The van der Waals surface area contributed by atoms with Gasteiger partial charge in [0.1, 0.15) is 0 Å². The normalized spacial score (nSPS) is 13.5. The van der Waals surface area contributed by atoms with E-state index in [1.807, 2.05) is 49.4 Å². The van der Waals surface area contributed by atoms with E-state index < -0.39 is 0 Å². The fraction of sp³-hybridized carbons (Fsp3) is 0.273. The Bertz CT molecular complexity index is 862. The molecule has 3 rings (SSSR count). The van der Waals surface area contributed by atoms with Crippen LogP contribution in [0, 0.1) is 6.92 Å². The molecule has 0 saturated heterocycles. The summed E-state index contributed by atoms with van der Waals surface area (Å²) in [5.74, 6) is 0.0417. The highest BCUT2D eigenvalue weighted by Gasteiger charge is 2.13. The number of hydrogen-bond donors (Lipinski definition) is 3. The Kier molecular flexibility index (Phi) is 7.28. The van der Waals surface area contributed by atoms with Crippen molar-refractivity contribution in [3.05, 3.63) is 71.3 Å². The molecular formula is C22H25N3O2S. The van der Waals surface area contributed by atoms with Crippen LogP contribution in [0.4, 0.5) is 5.69 Å². The van der Waals surface area contributed by atoms with Crippen molar-refractivity contribution in [1.29, 1.82) is 0 Å². The van der Waals surface area contributed by atoms with Gasteiger partial charge in [-0.1, -0.05) is 41.5 Å². The summed E-state index contributed by atoms with van der Waals surface area (Å²) in [5, 5.41) is 9.14. The number of anilines is 1. The van der Waals surface area contributed by atoms with Gasteiger partial charge in [0.25, 0.3) is 5.91 Å². The fourth-order valence-corrected chi connectivity index (χ4v) is 3.73. The van der Waals surface area contributed by atoms with Crippen LogP contribution in [-0.2, 0) is 4.79 Å². The van der Waals surface area contributed by atoms with Crippen LogP contribution < -0.4 is 16.0 Å². The molecule has 0 fully saturated rings. The van der Waals surface area contributed by atoms with Crippen LogP contribution in [0.2, 0.25) is 0 Å². The Balaban J connectivity index is 1.55. The average molecular weight is 396 g/mol. The van der Waals surface area contributed by atoms with Gasteiger partial charge in [-0.2, -0.15) is 0 Å². The van der Waals surface area contributed by atoms with Gasteiger partial charge in [-0.15, -0.1) is 11.8 Å². The summed E-state index contributed by atoms with van der Waals surface area (Å²) in [5.41, 5.74) is 3.77. The zero-order valence-electron chi connectivity index (χ0n) is 16.0. The summed E-state index contributed by atoms with van der Waals surface area (Å²) >= 11 is 1.37. The fourth-order valence-electron chi connectivity index (χ4n) is 2.88. The summed E-state index contributed by atoms with van der Waals surface area (Å²) in [7, 11) is 0. The number of rotatable bonds is 7. The molecule has 2 amide bonds. The smallest absolute Gasteiger partial charge is 0.252 e. The molecular weight excluding hydrogens is 370 g/mol. The lowest BCUT2D eigenvalue weighted by Crippen LogP contribution is -2.30. The molecule has 1 aliphatic heterocycles. The van der Waals surface area contributed by atoms with E-state index in [9.17, 15) is 9.59 Å². The van der Waals surface area contributed by atoms with Gasteiger partial charge in [0.05, 0.1) is 11.3 Å². The van der Waals surface area contributed by atoms with Crippen molar-refractivity contribution < 1.29 is 9.59 Å². The SMILES string of the molecule is Cc1ccc(NC(=O)CSc2ccccc2C(=O)NCC2=CCNCC2)cc1. The minimum Gasteiger partial charge on any atom is -0.348 e. The molecule has 3 N–H and O–H groups in total. The van der Waals surface area contributed by atoms with Crippen LogP contribution in [-0.4, -0.2) is 37.2 Å². The van der Waals surface area contributed by atoms with Gasteiger partial charge in [-0.3, -0.25) is 9.59 Å². The van der Waals surface area contributed by atoms with E-state index in [4.69, 9.17) is 0 Å². The van der Waals surface area contributed by atoms with E-state index in [1.165, 1.54) is 17.3 Å². The van der Waals surface area contributed by atoms with E-state index in [0.29, 0.717) is 12.1 Å². The van der Waals surface area contributed by atoms with Crippen LogP contribution >= 0.6 is 11.8 Å². The lowest BCUT2D eigenvalue weighted by Gasteiger charge is -2.15. The van der Waals surface area contributed by atoms with Crippen molar-refractivity contribution >= 4 is 29.3 Å². The van der Waals surface area contributed by atoms with Crippen molar-refractivity contribution in [2.24, 2.45) is 0 Å². The van der Waals surface area contributed by atoms with Crippen LogP contribution in [0.3, 0.4) is 0 Å². The Hall–Kier alpha value is -2.57. The molecule has 0 radical (unpaired) electrons. The van der Waals surface area contributed by atoms with Gasteiger partial charge >= 0.3 is 0 Å². The molecule has 0 aliphatic carbocycles. The summed E-state index contributed by atoms with van der Waals surface area (Å²) in [4.78, 5) is 25.7. The second kappa shape index (κ2) is 10.1. The number of carbonyl (C=O) groups is 2. The van der Waals surface area contributed by atoms with E-state index >= 15 is 0 Å². The number of hydrogen-bond acceptors (Lipinski definition) is 4.